The molecule has 1 N–H and O–H groups in total. The lowest BCUT2D eigenvalue weighted by Gasteiger charge is -1.90. The monoisotopic (exact) mass is 206 g/mol. The fourth-order valence-corrected chi connectivity index (χ4v) is 0.694. The van der Waals surface area contributed by atoms with Crippen LogP contribution in [0.25, 0.3) is 6.08 Å². The number of esters is 1. The Bertz CT molecular complexity index is 325. The fourth-order valence-electron chi connectivity index (χ4n) is 0.694. The normalized spacial score (nSPS) is 8.07. The molecule has 0 unspecified atom stereocenters. The summed E-state index contributed by atoms with van der Waals surface area (Å²) in [5, 5.41) is 8.82. The summed E-state index contributed by atoms with van der Waals surface area (Å²) < 4.78 is 4.14. The number of phenolic OH excluding ortho intramolecular Hbond substituents is 1. The van der Waals surface area contributed by atoms with E-state index >= 15 is 0 Å². The van der Waals surface area contributed by atoms with Gasteiger partial charge in [0.2, 0.25) is 0 Å². The van der Waals surface area contributed by atoms with Crippen LogP contribution in [0.3, 0.4) is 0 Å². The van der Waals surface area contributed by atoms with E-state index in [1.54, 1.807) is 18.2 Å². The van der Waals surface area contributed by atoms with Gasteiger partial charge in [-0.15, -0.1) is 0 Å². The van der Waals surface area contributed by atoms with Gasteiger partial charge >= 0.3 is 5.97 Å². The molecule has 80 valence electrons. The van der Waals surface area contributed by atoms with Crippen molar-refractivity contribution in [2.75, 3.05) is 7.11 Å². The van der Waals surface area contributed by atoms with E-state index in [2.05, 4.69) is 17.9 Å². The number of ether oxygens (including phenoxy) is 1. The van der Waals surface area contributed by atoms with Crippen LogP contribution in [0.5, 0.6) is 5.75 Å². The van der Waals surface area contributed by atoms with Crippen molar-refractivity contribution < 1.29 is 14.6 Å². The molecule has 0 fully saturated rings. The van der Waals surface area contributed by atoms with E-state index in [1.807, 2.05) is 12.1 Å². The van der Waals surface area contributed by atoms with Crippen LogP contribution >= 0.6 is 0 Å². The Balaban J connectivity index is 0.000000288. The summed E-state index contributed by atoms with van der Waals surface area (Å²) in [4.78, 5) is 9.84. The summed E-state index contributed by atoms with van der Waals surface area (Å²) >= 11 is 0. The molecule has 3 nitrogen and oxygen atoms in total. The molecule has 0 atom stereocenters. The van der Waals surface area contributed by atoms with Crippen molar-refractivity contribution in [2.45, 2.75) is 0 Å². The van der Waals surface area contributed by atoms with Crippen molar-refractivity contribution in [3.63, 3.8) is 0 Å². The molecule has 0 aliphatic carbocycles. The Morgan fingerprint density at radius 2 is 1.87 bits per heavy atom. The van der Waals surface area contributed by atoms with Gasteiger partial charge in [-0.3, -0.25) is 0 Å². The molecule has 0 amide bonds. The van der Waals surface area contributed by atoms with Crippen LogP contribution < -0.4 is 0 Å². The van der Waals surface area contributed by atoms with E-state index in [0.717, 1.165) is 11.6 Å². The maximum atomic E-state index is 9.84. The fraction of sp³-hybridized carbons (Fsp3) is 0.0833. The Hall–Kier alpha value is -2.03. The second-order valence-corrected chi connectivity index (χ2v) is 2.52. The van der Waals surface area contributed by atoms with Gasteiger partial charge in [0, 0.05) is 6.08 Å². The first-order valence-electron chi connectivity index (χ1n) is 4.26. The first-order chi connectivity index (χ1) is 7.13. The number of phenols is 1. The van der Waals surface area contributed by atoms with Crippen LogP contribution in [0.15, 0.2) is 43.5 Å². The zero-order chi connectivity index (χ0) is 11.7. The van der Waals surface area contributed by atoms with Crippen LogP contribution in [-0.4, -0.2) is 18.2 Å². The molecular formula is C12H14O3. The maximum absolute atomic E-state index is 9.84. The van der Waals surface area contributed by atoms with Gasteiger partial charge in [0.15, 0.2) is 0 Å². The van der Waals surface area contributed by atoms with Gasteiger partial charge in [0.1, 0.15) is 5.75 Å². The molecule has 0 aliphatic heterocycles. The minimum atomic E-state index is -0.394. The number of methoxy groups -OCH3 is 1. The van der Waals surface area contributed by atoms with E-state index in [9.17, 15) is 4.79 Å². The molecule has 0 heterocycles. The minimum absolute atomic E-state index is 0.292. The molecule has 15 heavy (non-hydrogen) atoms. The second-order valence-electron chi connectivity index (χ2n) is 2.52. The molecule has 1 rings (SSSR count). The summed E-state index contributed by atoms with van der Waals surface area (Å²) in [6.07, 6.45) is 2.85. The molecule has 0 radical (unpaired) electrons. The van der Waals surface area contributed by atoms with E-state index in [0.29, 0.717) is 5.75 Å². The third-order valence-electron chi connectivity index (χ3n) is 1.50. The largest absolute Gasteiger partial charge is 0.508 e. The average Bonchev–Trinajstić information content (AvgIpc) is 2.30. The van der Waals surface area contributed by atoms with Crippen molar-refractivity contribution in [1.82, 2.24) is 0 Å². The number of rotatable bonds is 2. The van der Waals surface area contributed by atoms with Crippen molar-refractivity contribution in [3.05, 3.63) is 49.1 Å². The molecule has 1 aromatic rings. The van der Waals surface area contributed by atoms with Crippen LogP contribution in [0.1, 0.15) is 5.56 Å². The quantitative estimate of drug-likeness (QED) is 0.597. The number of benzene rings is 1. The van der Waals surface area contributed by atoms with Crippen LogP contribution in [0.2, 0.25) is 0 Å². The number of hydrogen-bond donors (Lipinski definition) is 1. The van der Waals surface area contributed by atoms with Gasteiger partial charge in [0.25, 0.3) is 0 Å². The number of carbonyl (C=O) groups excluding carboxylic acids is 1. The first-order valence-corrected chi connectivity index (χ1v) is 4.26. The third kappa shape index (κ3) is 6.10. The Morgan fingerprint density at radius 3 is 2.13 bits per heavy atom. The van der Waals surface area contributed by atoms with Gasteiger partial charge < -0.3 is 9.84 Å². The number of aromatic hydroxyl groups is 1. The summed E-state index contributed by atoms with van der Waals surface area (Å²) in [6, 6.07) is 6.89. The second kappa shape index (κ2) is 7.38. The van der Waals surface area contributed by atoms with Crippen molar-refractivity contribution in [3.8, 4) is 5.75 Å². The predicted molar refractivity (Wildman–Crippen MR) is 60.4 cm³/mol. The molecule has 0 aromatic heterocycles. The highest BCUT2D eigenvalue weighted by atomic mass is 16.5. The van der Waals surface area contributed by atoms with Gasteiger partial charge in [-0.2, -0.15) is 0 Å². The molecule has 0 bridgehead atoms. The molecular weight excluding hydrogens is 192 g/mol. The van der Waals surface area contributed by atoms with E-state index in [4.69, 9.17) is 5.11 Å². The van der Waals surface area contributed by atoms with E-state index < -0.39 is 5.97 Å². The minimum Gasteiger partial charge on any atom is -0.508 e. The summed E-state index contributed by atoms with van der Waals surface area (Å²) in [5.41, 5.74) is 1.02. The van der Waals surface area contributed by atoms with Gasteiger partial charge in [-0.05, 0) is 17.7 Å². The predicted octanol–water partition coefficient (Wildman–Crippen LogP) is 2.38. The smallest absolute Gasteiger partial charge is 0.329 e. The summed E-state index contributed by atoms with van der Waals surface area (Å²) in [5.74, 6) is -0.101. The molecule has 0 saturated carbocycles. The van der Waals surface area contributed by atoms with Crippen molar-refractivity contribution in [2.24, 2.45) is 0 Å². The lowest BCUT2D eigenvalue weighted by atomic mass is 10.2. The lowest BCUT2D eigenvalue weighted by molar-refractivity contribution is -0.134. The zero-order valence-electron chi connectivity index (χ0n) is 8.64. The topological polar surface area (TPSA) is 46.5 Å². The first kappa shape index (κ1) is 13.0. The number of carbonyl (C=O) groups is 1. The molecule has 0 spiro atoms. The average molecular weight is 206 g/mol. The maximum Gasteiger partial charge on any atom is 0.329 e. The van der Waals surface area contributed by atoms with Gasteiger partial charge in [0.05, 0.1) is 7.11 Å². The number of hydrogen-bond acceptors (Lipinski definition) is 3. The van der Waals surface area contributed by atoms with Crippen molar-refractivity contribution in [1.29, 1.82) is 0 Å². The molecule has 0 aliphatic rings. The molecule has 1 aromatic carbocycles. The highest BCUT2D eigenvalue weighted by Gasteiger charge is 1.84. The summed E-state index contributed by atoms with van der Waals surface area (Å²) in [7, 11) is 1.31. The SMILES string of the molecule is C=CC(=O)OC.C=Cc1ccc(O)cc1. The standard InChI is InChI=1S/C8H8O.C4H6O2/c1-2-7-3-5-8(9)6-4-7;1-3-4(5)6-2/h2-6,9H,1H2;3H,1H2,2H3. The molecule has 0 saturated heterocycles. The highest BCUT2D eigenvalue weighted by molar-refractivity contribution is 5.80. The molecule has 3 heteroatoms. The zero-order valence-corrected chi connectivity index (χ0v) is 8.64. The van der Waals surface area contributed by atoms with Gasteiger partial charge in [-0.1, -0.05) is 31.4 Å². The Kier molecular flexibility index (Phi) is 6.38. The lowest BCUT2D eigenvalue weighted by Crippen LogP contribution is -1.91. The third-order valence-corrected chi connectivity index (χ3v) is 1.50. The Morgan fingerprint density at radius 1 is 1.33 bits per heavy atom. The highest BCUT2D eigenvalue weighted by Crippen LogP contribution is 2.09. The van der Waals surface area contributed by atoms with Crippen molar-refractivity contribution >= 4 is 12.0 Å². The Labute approximate surface area is 89.3 Å². The summed E-state index contributed by atoms with van der Waals surface area (Å²) in [6.45, 7) is 6.74. The van der Waals surface area contributed by atoms with Gasteiger partial charge in [-0.25, -0.2) is 4.79 Å². The van der Waals surface area contributed by atoms with Crippen LogP contribution in [0.4, 0.5) is 0 Å². The van der Waals surface area contributed by atoms with Crippen LogP contribution in [0, 0.1) is 0 Å². The van der Waals surface area contributed by atoms with E-state index in [-0.39, 0.29) is 0 Å². The van der Waals surface area contributed by atoms with Crippen LogP contribution in [-0.2, 0) is 9.53 Å². The van der Waals surface area contributed by atoms with E-state index in [1.165, 1.54) is 7.11 Å².